The average Bonchev–Trinajstić information content (AvgIpc) is 3.33. The lowest BCUT2D eigenvalue weighted by atomic mass is 10.1. The first kappa shape index (κ1) is 24.8. The Morgan fingerprint density at radius 3 is 2.79 bits per heavy atom. The summed E-state index contributed by atoms with van der Waals surface area (Å²) in [5.74, 6) is -3.03. The van der Waals surface area contributed by atoms with Gasteiger partial charge in [-0.3, -0.25) is 9.48 Å². The molecule has 178 valence electrons. The van der Waals surface area contributed by atoms with Crippen molar-refractivity contribution in [3.63, 3.8) is 0 Å². The molecule has 0 spiro atoms. The number of anilines is 1. The van der Waals surface area contributed by atoms with Gasteiger partial charge >= 0.3 is 0 Å². The molecule has 3 heterocycles. The summed E-state index contributed by atoms with van der Waals surface area (Å²) in [6.45, 7) is 1.77. The number of rotatable bonds is 4. The van der Waals surface area contributed by atoms with Gasteiger partial charge in [-0.15, -0.1) is 11.3 Å². The predicted molar refractivity (Wildman–Crippen MR) is 116 cm³/mol. The fourth-order valence-electron chi connectivity index (χ4n) is 3.04. The quantitative estimate of drug-likeness (QED) is 0.530. The molecule has 0 aliphatic carbocycles. The molecule has 2 aromatic heterocycles. The summed E-state index contributed by atoms with van der Waals surface area (Å²) in [5.41, 5.74) is 4.38. The Labute approximate surface area is 191 Å². The van der Waals surface area contributed by atoms with E-state index < -0.39 is 35.1 Å². The number of nitrogens with zero attached hydrogens (tertiary/aromatic N) is 3. The van der Waals surface area contributed by atoms with Gasteiger partial charge in [0.25, 0.3) is 12.3 Å². The van der Waals surface area contributed by atoms with E-state index in [-0.39, 0.29) is 10.7 Å². The topological polar surface area (TPSA) is 95.1 Å². The summed E-state index contributed by atoms with van der Waals surface area (Å²) in [6.07, 6.45) is 3.20. The maximum atomic E-state index is 14.2. The maximum Gasteiger partial charge on any atom is 0.275 e. The third kappa shape index (κ3) is 6.59. The molecule has 0 bridgehead atoms. The highest BCUT2D eigenvalue weighted by Crippen LogP contribution is 2.34. The number of ether oxygens (including phenoxy) is 1. The number of hydrogen-bond acceptors (Lipinski definition) is 6. The molecule has 3 aromatic rings. The second-order valence-electron chi connectivity index (χ2n) is 7.32. The van der Waals surface area contributed by atoms with Crippen LogP contribution in [0.4, 0.5) is 23.2 Å². The van der Waals surface area contributed by atoms with Gasteiger partial charge in [0.05, 0.1) is 23.0 Å². The molecule has 0 unspecified atom stereocenters. The second kappa shape index (κ2) is 11.3. The molecule has 4 rings (SSSR count). The molecule has 0 radical (unpaired) electrons. The van der Waals surface area contributed by atoms with E-state index in [2.05, 4.69) is 15.4 Å². The Morgan fingerprint density at radius 1 is 1.30 bits per heavy atom. The molecule has 1 amide bonds. The molecule has 1 aromatic carbocycles. The smallest absolute Gasteiger partial charge is 0.275 e. The number of aryl methyl sites for hydroxylation is 1. The first-order valence-electron chi connectivity index (χ1n) is 10.1. The highest BCUT2D eigenvalue weighted by Gasteiger charge is 2.23. The van der Waals surface area contributed by atoms with Crippen molar-refractivity contribution in [1.29, 1.82) is 0 Å². The van der Waals surface area contributed by atoms with E-state index in [1.807, 2.05) is 0 Å². The SMILES string of the molecule is Cn1cc(NC(=O)c2csc(-c3c(F)ccc(C(F)F)c3F)n2)cn1.N[C@@H]1CCCOCC1. The van der Waals surface area contributed by atoms with Gasteiger partial charge in [0.1, 0.15) is 22.3 Å². The standard InChI is InChI=1S/C15H10F4N4OS.C6H13NO/c1-23-5-7(4-20-23)21-14(24)10-6-25-15(22-10)11-9(16)3-2-8(12(11)17)13(18)19;7-6-2-1-4-8-5-3-6/h2-6,13H,1H3,(H,21,24);6H,1-5,7H2/t;6-/m.1/s1. The Hall–Kier alpha value is -2.83. The van der Waals surface area contributed by atoms with E-state index in [9.17, 15) is 22.4 Å². The predicted octanol–water partition coefficient (Wildman–Crippen LogP) is 4.53. The second-order valence-corrected chi connectivity index (χ2v) is 8.18. The van der Waals surface area contributed by atoms with Gasteiger partial charge < -0.3 is 15.8 Å². The number of amides is 1. The van der Waals surface area contributed by atoms with Gasteiger partial charge in [0, 0.05) is 37.9 Å². The molecule has 7 nitrogen and oxygen atoms in total. The largest absolute Gasteiger partial charge is 0.381 e. The number of nitrogens with one attached hydrogen (secondary N) is 1. The number of aromatic nitrogens is 3. The number of benzene rings is 1. The number of carbonyl (C=O) groups is 1. The molecule has 33 heavy (non-hydrogen) atoms. The summed E-state index contributed by atoms with van der Waals surface area (Å²) in [4.78, 5) is 16.0. The number of alkyl halides is 2. The van der Waals surface area contributed by atoms with Crippen LogP contribution in [0, 0.1) is 11.6 Å². The van der Waals surface area contributed by atoms with Crippen molar-refractivity contribution in [2.75, 3.05) is 18.5 Å². The zero-order valence-corrected chi connectivity index (χ0v) is 18.5. The Morgan fingerprint density at radius 2 is 2.09 bits per heavy atom. The first-order valence-corrected chi connectivity index (χ1v) is 11.0. The number of thiazole rings is 1. The molecule has 1 saturated heterocycles. The van der Waals surface area contributed by atoms with Gasteiger partial charge in [-0.1, -0.05) is 0 Å². The number of halogens is 4. The van der Waals surface area contributed by atoms with E-state index in [1.54, 1.807) is 13.2 Å². The van der Waals surface area contributed by atoms with Crippen LogP contribution in [0.25, 0.3) is 10.6 Å². The van der Waals surface area contributed by atoms with E-state index in [4.69, 9.17) is 10.5 Å². The van der Waals surface area contributed by atoms with Crippen molar-refractivity contribution in [1.82, 2.24) is 14.8 Å². The highest BCUT2D eigenvalue weighted by molar-refractivity contribution is 7.13. The molecule has 0 saturated carbocycles. The Bertz CT molecular complexity index is 1080. The van der Waals surface area contributed by atoms with Crippen molar-refractivity contribution in [2.24, 2.45) is 12.8 Å². The molecule has 3 N–H and O–H groups in total. The lowest BCUT2D eigenvalue weighted by Crippen LogP contribution is -2.19. The van der Waals surface area contributed by atoms with Crippen molar-refractivity contribution < 1.29 is 27.1 Å². The van der Waals surface area contributed by atoms with Crippen molar-refractivity contribution >= 4 is 22.9 Å². The van der Waals surface area contributed by atoms with Gasteiger partial charge in [0.15, 0.2) is 0 Å². The van der Waals surface area contributed by atoms with Crippen LogP contribution in [0.5, 0.6) is 0 Å². The fraction of sp³-hybridized carbons (Fsp3) is 0.381. The minimum Gasteiger partial charge on any atom is -0.381 e. The zero-order valence-electron chi connectivity index (χ0n) is 17.7. The lowest BCUT2D eigenvalue weighted by Gasteiger charge is -2.06. The van der Waals surface area contributed by atoms with Crippen LogP contribution in [0.1, 0.15) is 41.7 Å². The number of carbonyl (C=O) groups excluding carboxylic acids is 1. The minimum absolute atomic E-state index is 0.0925. The normalized spacial score (nSPS) is 16.2. The summed E-state index contributed by atoms with van der Waals surface area (Å²) in [5, 5.41) is 7.48. The maximum absolute atomic E-state index is 14.2. The van der Waals surface area contributed by atoms with Crippen LogP contribution < -0.4 is 11.1 Å². The van der Waals surface area contributed by atoms with E-state index >= 15 is 0 Å². The van der Waals surface area contributed by atoms with E-state index in [0.29, 0.717) is 17.8 Å². The van der Waals surface area contributed by atoms with Gasteiger partial charge in [-0.05, 0) is 31.4 Å². The highest BCUT2D eigenvalue weighted by atomic mass is 32.1. The number of nitrogens with two attached hydrogens (primary N) is 1. The van der Waals surface area contributed by atoms with Crippen LogP contribution in [-0.4, -0.2) is 39.9 Å². The Balaban J connectivity index is 0.000000323. The molecule has 12 heteroatoms. The van der Waals surface area contributed by atoms with Gasteiger partial charge in [-0.25, -0.2) is 22.5 Å². The van der Waals surface area contributed by atoms with Crippen LogP contribution in [0.3, 0.4) is 0 Å². The first-order chi connectivity index (χ1) is 15.8. The summed E-state index contributed by atoms with van der Waals surface area (Å²) in [6, 6.07) is 1.83. The average molecular weight is 486 g/mol. The summed E-state index contributed by atoms with van der Waals surface area (Å²) in [7, 11) is 1.66. The summed E-state index contributed by atoms with van der Waals surface area (Å²) >= 11 is 0.778. The van der Waals surface area contributed by atoms with Crippen molar-refractivity contribution in [3.05, 3.63) is 52.8 Å². The van der Waals surface area contributed by atoms with E-state index in [1.165, 1.54) is 16.3 Å². The third-order valence-corrected chi connectivity index (χ3v) is 5.63. The van der Waals surface area contributed by atoms with Crippen LogP contribution in [0.15, 0.2) is 29.9 Å². The van der Waals surface area contributed by atoms with Crippen LogP contribution in [-0.2, 0) is 11.8 Å². The Kier molecular flexibility index (Phi) is 8.53. The van der Waals surface area contributed by atoms with Gasteiger partial charge in [0.2, 0.25) is 0 Å². The molecule has 1 atom stereocenters. The molecule has 1 fully saturated rings. The van der Waals surface area contributed by atoms with Crippen molar-refractivity contribution in [3.8, 4) is 10.6 Å². The zero-order chi connectivity index (χ0) is 24.0. The van der Waals surface area contributed by atoms with Crippen LogP contribution in [0.2, 0.25) is 0 Å². The lowest BCUT2D eigenvalue weighted by molar-refractivity contribution is 0.102. The van der Waals surface area contributed by atoms with Crippen LogP contribution >= 0.6 is 11.3 Å². The molecule has 1 aliphatic rings. The summed E-state index contributed by atoms with van der Waals surface area (Å²) < 4.78 is 60.3. The monoisotopic (exact) mass is 485 g/mol. The van der Waals surface area contributed by atoms with Gasteiger partial charge in [-0.2, -0.15) is 5.10 Å². The molecular formula is C21H23F4N5O2S. The number of hydrogen-bond donors (Lipinski definition) is 2. The fourth-order valence-corrected chi connectivity index (χ4v) is 3.87. The third-order valence-electron chi connectivity index (χ3n) is 4.77. The molecule has 1 aliphatic heterocycles. The molecular weight excluding hydrogens is 462 g/mol. The minimum atomic E-state index is -3.09. The van der Waals surface area contributed by atoms with Crippen molar-refractivity contribution in [2.45, 2.75) is 31.7 Å². The van der Waals surface area contributed by atoms with E-state index in [0.717, 1.165) is 49.9 Å².